The molecule has 1 nitrogen and oxygen atoms in total. The van der Waals surface area contributed by atoms with Gasteiger partial charge in [-0.05, 0) is 12.1 Å². The molecule has 51 valence electrons. The van der Waals surface area contributed by atoms with Gasteiger partial charge in [-0.1, -0.05) is 24.3 Å². The maximum absolute atomic E-state index is 5.34. The zero-order valence-corrected chi connectivity index (χ0v) is 8.58. The Hall–Kier alpha value is -0.240. The number of benzene rings is 1. The molecule has 0 fully saturated rings. The second-order valence-electron chi connectivity index (χ2n) is 2.25. The molecule has 1 aliphatic heterocycles. The molecular weight excluding hydrogens is 147 g/mol. The number of para-hydroxylation sites is 1. The molecule has 0 atom stereocenters. The monoisotopic (exact) mass is 155 g/mol. The summed E-state index contributed by atoms with van der Waals surface area (Å²) >= 11 is 0. The molecule has 2 heteroatoms. The third-order valence-corrected chi connectivity index (χ3v) is 1.55. The van der Waals surface area contributed by atoms with Crippen LogP contribution in [0.15, 0.2) is 30.3 Å². The molecule has 0 saturated carbocycles. The zero-order chi connectivity index (χ0) is 6.81. The summed E-state index contributed by atoms with van der Waals surface area (Å²) in [6, 6.07) is 8.03. The molecule has 0 N–H and O–H groups in total. The van der Waals surface area contributed by atoms with Gasteiger partial charge in [0, 0.05) is 35.1 Å². The Morgan fingerprint density at radius 3 is 2.82 bits per heavy atom. The van der Waals surface area contributed by atoms with E-state index in [1.165, 1.54) is 5.56 Å². The van der Waals surface area contributed by atoms with Crippen LogP contribution in [0.4, 0.5) is 0 Å². The topological polar surface area (TPSA) is 9.23 Å². The van der Waals surface area contributed by atoms with Gasteiger partial charge in [-0.15, -0.1) is 0 Å². The molecule has 0 unspecified atom stereocenters. The van der Waals surface area contributed by atoms with Gasteiger partial charge in [-0.3, -0.25) is 0 Å². The minimum atomic E-state index is 0. The van der Waals surface area contributed by atoms with Crippen molar-refractivity contribution in [3.8, 4) is 5.75 Å². The van der Waals surface area contributed by atoms with Crippen LogP contribution >= 0.6 is 0 Å². The van der Waals surface area contributed by atoms with Crippen LogP contribution < -0.4 is 4.74 Å². The van der Waals surface area contributed by atoms with Gasteiger partial charge in [-0.25, -0.2) is 0 Å². The fourth-order valence-corrected chi connectivity index (χ4v) is 1.06. The van der Waals surface area contributed by atoms with Crippen LogP contribution in [0, 0.1) is 0 Å². The van der Waals surface area contributed by atoms with E-state index < -0.39 is 0 Å². The molecule has 0 amide bonds. The molecule has 2 rings (SSSR count). The van der Waals surface area contributed by atoms with E-state index in [0.29, 0.717) is 6.61 Å². The van der Waals surface area contributed by atoms with Gasteiger partial charge in [0.2, 0.25) is 0 Å². The molecule has 1 aliphatic rings. The minimum Gasteiger partial charge on any atom is -0.489 e. The fourth-order valence-electron chi connectivity index (χ4n) is 1.06. The van der Waals surface area contributed by atoms with Gasteiger partial charge in [0.05, 0.1) is 0 Å². The van der Waals surface area contributed by atoms with Crippen LogP contribution in [0.5, 0.6) is 5.75 Å². The number of fused-ring (bicyclic) bond motifs is 1. The second-order valence-corrected chi connectivity index (χ2v) is 2.25. The van der Waals surface area contributed by atoms with Crippen LogP contribution in [0.2, 0.25) is 0 Å². The number of hydrogen-bond donors (Lipinski definition) is 0. The van der Waals surface area contributed by atoms with Crippen molar-refractivity contribution >= 4 is 35.6 Å². The van der Waals surface area contributed by atoms with E-state index in [0.717, 1.165) is 5.75 Å². The maximum Gasteiger partial charge on any atom is 0.126 e. The predicted octanol–water partition coefficient (Wildman–Crippen LogP) is 1.71. The van der Waals surface area contributed by atoms with E-state index in [9.17, 15) is 0 Å². The van der Waals surface area contributed by atoms with Gasteiger partial charge in [-0.2, -0.15) is 0 Å². The first-order chi connectivity index (χ1) is 4.97. The molecule has 0 bridgehead atoms. The Bertz CT molecular complexity index is 268. The van der Waals surface area contributed by atoms with Gasteiger partial charge in [0.15, 0.2) is 0 Å². The first-order valence-corrected chi connectivity index (χ1v) is 3.35. The average molecular weight is 155 g/mol. The Labute approximate surface area is 88.4 Å². The Kier molecular flexibility index (Phi) is 3.18. The summed E-state index contributed by atoms with van der Waals surface area (Å²) in [5.74, 6) is 0.991. The summed E-state index contributed by atoms with van der Waals surface area (Å²) in [5.41, 5.74) is 1.17. The fraction of sp³-hybridized carbons (Fsp3) is 0.111. The van der Waals surface area contributed by atoms with Gasteiger partial charge in [0.25, 0.3) is 0 Å². The zero-order valence-electron chi connectivity index (χ0n) is 6.58. The minimum absolute atomic E-state index is 0. The smallest absolute Gasteiger partial charge is 0.126 e. The van der Waals surface area contributed by atoms with E-state index in [1.807, 2.05) is 30.3 Å². The van der Waals surface area contributed by atoms with Crippen molar-refractivity contribution in [3.63, 3.8) is 0 Å². The van der Waals surface area contributed by atoms with Crippen molar-refractivity contribution in [1.29, 1.82) is 0 Å². The second kappa shape index (κ2) is 3.96. The molecule has 1 heterocycles. The molecule has 0 spiro atoms. The molecule has 0 aromatic heterocycles. The molecule has 1 radical (unpaired) electrons. The van der Waals surface area contributed by atoms with Crippen molar-refractivity contribution in [3.05, 3.63) is 35.9 Å². The molecule has 11 heavy (non-hydrogen) atoms. The van der Waals surface area contributed by atoms with Crippen LogP contribution in [0.3, 0.4) is 0 Å². The third-order valence-electron chi connectivity index (χ3n) is 1.55. The Morgan fingerprint density at radius 1 is 1.18 bits per heavy atom. The molecule has 0 saturated heterocycles. The average Bonchev–Trinajstić information content (AvgIpc) is 2.05. The maximum atomic E-state index is 5.34. The van der Waals surface area contributed by atoms with E-state index in [2.05, 4.69) is 6.08 Å². The molecular formula is C9H8NaO. The Morgan fingerprint density at radius 2 is 2.00 bits per heavy atom. The first-order valence-electron chi connectivity index (χ1n) is 3.35. The number of rotatable bonds is 0. The normalized spacial score (nSPS) is 12.7. The van der Waals surface area contributed by atoms with Crippen molar-refractivity contribution in [2.45, 2.75) is 0 Å². The third kappa shape index (κ3) is 1.86. The van der Waals surface area contributed by atoms with E-state index >= 15 is 0 Å². The first kappa shape index (κ1) is 8.85. The molecule has 1 aromatic carbocycles. The van der Waals surface area contributed by atoms with Gasteiger partial charge < -0.3 is 4.74 Å². The standard InChI is InChI=1S/C9H8O.Na/c1-2-6-9-8(4-1)5-3-7-10-9;/h1-6H,7H2;. The van der Waals surface area contributed by atoms with E-state index in [-0.39, 0.29) is 29.6 Å². The van der Waals surface area contributed by atoms with Crippen LogP contribution in [-0.2, 0) is 0 Å². The largest absolute Gasteiger partial charge is 0.489 e. The van der Waals surface area contributed by atoms with E-state index in [1.54, 1.807) is 0 Å². The van der Waals surface area contributed by atoms with Crippen LogP contribution in [0.25, 0.3) is 6.08 Å². The van der Waals surface area contributed by atoms with Gasteiger partial charge in [0.1, 0.15) is 12.4 Å². The van der Waals surface area contributed by atoms with Crippen molar-refractivity contribution < 1.29 is 4.74 Å². The summed E-state index contributed by atoms with van der Waals surface area (Å²) in [4.78, 5) is 0. The Balaban J connectivity index is 0.000000605. The number of hydrogen-bond acceptors (Lipinski definition) is 1. The quantitative estimate of drug-likeness (QED) is 0.518. The summed E-state index contributed by atoms with van der Waals surface area (Å²) in [7, 11) is 0. The summed E-state index contributed by atoms with van der Waals surface area (Å²) < 4.78 is 5.34. The summed E-state index contributed by atoms with van der Waals surface area (Å²) in [5, 5.41) is 0. The van der Waals surface area contributed by atoms with Crippen LogP contribution in [-0.4, -0.2) is 36.2 Å². The van der Waals surface area contributed by atoms with Crippen molar-refractivity contribution in [2.24, 2.45) is 0 Å². The van der Waals surface area contributed by atoms with E-state index in [4.69, 9.17) is 4.74 Å². The predicted molar refractivity (Wildman–Crippen MR) is 46.7 cm³/mol. The summed E-state index contributed by atoms with van der Waals surface area (Å²) in [6.45, 7) is 0.705. The number of ether oxygens (including phenoxy) is 1. The van der Waals surface area contributed by atoms with Gasteiger partial charge >= 0.3 is 0 Å². The van der Waals surface area contributed by atoms with Crippen LogP contribution in [0.1, 0.15) is 5.56 Å². The molecule has 1 aromatic rings. The SMILES string of the molecule is C1=Cc2ccccc2OC1.[Na]. The molecule has 0 aliphatic carbocycles. The summed E-state index contributed by atoms with van der Waals surface area (Å²) in [6.07, 6.45) is 4.10. The van der Waals surface area contributed by atoms with Crippen molar-refractivity contribution in [1.82, 2.24) is 0 Å². The van der Waals surface area contributed by atoms with Crippen molar-refractivity contribution in [2.75, 3.05) is 6.61 Å².